The van der Waals surface area contributed by atoms with Crippen molar-refractivity contribution < 1.29 is 14.3 Å². The maximum absolute atomic E-state index is 13.2. The molecular weight excluding hydrogens is 300 g/mol. The molecule has 0 amide bonds. The molecule has 134 valence electrons. The van der Waals surface area contributed by atoms with Gasteiger partial charge < -0.3 is 9.47 Å². The van der Waals surface area contributed by atoms with Crippen LogP contribution in [0.2, 0.25) is 0 Å². The lowest BCUT2D eigenvalue weighted by atomic mass is 9.44. The maximum atomic E-state index is 13.2. The fourth-order valence-electron chi connectivity index (χ4n) is 7.62. The van der Waals surface area contributed by atoms with E-state index in [-0.39, 0.29) is 5.79 Å². The lowest BCUT2D eigenvalue weighted by Crippen LogP contribution is -2.58. The Labute approximate surface area is 145 Å². The molecule has 0 bridgehead atoms. The predicted octanol–water partition coefficient (Wildman–Crippen LogP) is 4.34. The summed E-state index contributed by atoms with van der Waals surface area (Å²) in [5.74, 6) is 2.31. The highest BCUT2D eigenvalue weighted by atomic mass is 16.7. The molecule has 4 saturated carbocycles. The molecule has 0 aromatic heterocycles. The van der Waals surface area contributed by atoms with Gasteiger partial charge in [-0.25, -0.2) is 0 Å². The van der Waals surface area contributed by atoms with Crippen molar-refractivity contribution in [2.24, 2.45) is 34.5 Å². The molecule has 6 atom stereocenters. The Balaban J connectivity index is 1.46. The van der Waals surface area contributed by atoms with E-state index in [1.54, 1.807) is 0 Å². The first-order valence-electron chi connectivity index (χ1n) is 10.3. The molecule has 0 unspecified atom stereocenters. The van der Waals surface area contributed by atoms with Crippen LogP contribution in [0.3, 0.4) is 0 Å². The number of hydrogen-bond acceptors (Lipinski definition) is 3. The first-order chi connectivity index (χ1) is 11.5. The molecule has 1 heterocycles. The highest BCUT2D eigenvalue weighted by molar-refractivity contribution is 5.83. The van der Waals surface area contributed by atoms with Crippen LogP contribution in [0.4, 0.5) is 0 Å². The molecule has 1 saturated heterocycles. The summed E-state index contributed by atoms with van der Waals surface area (Å²) in [4.78, 5) is 13.2. The molecule has 24 heavy (non-hydrogen) atoms. The van der Waals surface area contributed by atoms with Crippen molar-refractivity contribution in [3.8, 4) is 0 Å². The van der Waals surface area contributed by atoms with Gasteiger partial charge >= 0.3 is 0 Å². The molecule has 5 fully saturated rings. The predicted molar refractivity (Wildman–Crippen MR) is 91.4 cm³/mol. The lowest BCUT2D eigenvalue weighted by Gasteiger charge is -2.60. The summed E-state index contributed by atoms with van der Waals surface area (Å²) in [6, 6.07) is 0. The van der Waals surface area contributed by atoms with E-state index in [0.29, 0.717) is 40.3 Å². The van der Waals surface area contributed by atoms with Gasteiger partial charge in [-0.05, 0) is 60.7 Å². The SMILES string of the molecule is C[C@]12CCC[C@@H]1[C@@H]1C(=O)C[C@H]3CC4(CC[C@@]3(C)[C@@H]1CC2)OCCO4. The summed E-state index contributed by atoms with van der Waals surface area (Å²) < 4.78 is 12.0. The van der Waals surface area contributed by atoms with E-state index in [1.165, 1.54) is 38.5 Å². The van der Waals surface area contributed by atoms with Crippen molar-refractivity contribution in [3.05, 3.63) is 0 Å². The second-order valence-electron chi connectivity index (χ2n) is 10.0. The Morgan fingerprint density at radius 2 is 1.75 bits per heavy atom. The van der Waals surface area contributed by atoms with Crippen LogP contribution in [0.25, 0.3) is 0 Å². The number of carbonyl (C=O) groups is 1. The summed E-state index contributed by atoms with van der Waals surface area (Å²) in [5, 5.41) is 0. The quantitative estimate of drug-likeness (QED) is 0.662. The normalized spacial score (nSPS) is 52.8. The van der Waals surface area contributed by atoms with Crippen LogP contribution < -0.4 is 0 Å². The smallest absolute Gasteiger partial charge is 0.168 e. The zero-order valence-electron chi connectivity index (χ0n) is 15.3. The Kier molecular flexibility index (Phi) is 3.34. The number of ketones is 1. The average molecular weight is 332 g/mol. The van der Waals surface area contributed by atoms with Crippen molar-refractivity contribution in [2.75, 3.05) is 13.2 Å². The second-order valence-corrected chi connectivity index (χ2v) is 10.0. The first-order valence-corrected chi connectivity index (χ1v) is 10.3. The summed E-state index contributed by atoms with van der Waals surface area (Å²) in [6.45, 7) is 6.42. The molecule has 3 heteroatoms. The summed E-state index contributed by atoms with van der Waals surface area (Å²) in [7, 11) is 0. The molecule has 0 N–H and O–H groups in total. The molecule has 3 nitrogen and oxygen atoms in total. The standard InChI is InChI=1S/C21H32O3/c1-19-6-3-4-15(19)18-16(5-7-19)20(2)8-9-21(23-10-11-24-21)13-14(20)12-17(18)22/h14-16,18H,3-13H2,1-2H3/t14-,15+,16+,18-,19+,20+/m0/s1. The van der Waals surface area contributed by atoms with Crippen molar-refractivity contribution in [2.45, 2.75) is 77.4 Å². The van der Waals surface area contributed by atoms with Crippen LogP contribution >= 0.6 is 0 Å². The fraction of sp³-hybridized carbons (Fsp3) is 0.952. The van der Waals surface area contributed by atoms with Crippen LogP contribution in [-0.2, 0) is 14.3 Å². The minimum Gasteiger partial charge on any atom is -0.348 e. The maximum Gasteiger partial charge on any atom is 0.168 e. The highest BCUT2D eigenvalue weighted by Gasteiger charge is 2.62. The molecule has 1 aliphatic heterocycles. The zero-order chi connectivity index (χ0) is 16.6. The van der Waals surface area contributed by atoms with Gasteiger partial charge in [-0.3, -0.25) is 4.79 Å². The largest absolute Gasteiger partial charge is 0.348 e. The Morgan fingerprint density at radius 3 is 2.54 bits per heavy atom. The Bertz CT molecular complexity index is 551. The van der Waals surface area contributed by atoms with E-state index in [2.05, 4.69) is 13.8 Å². The van der Waals surface area contributed by atoms with Crippen LogP contribution in [0.15, 0.2) is 0 Å². The van der Waals surface area contributed by atoms with Crippen LogP contribution in [0.5, 0.6) is 0 Å². The van der Waals surface area contributed by atoms with E-state index >= 15 is 0 Å². The third-order valence-electron chi connectivity index (χ3n) is 9.07. The number of carbonyl (C=O) groups excluding carboxylic acids is 1. The minimum atomic E-state index is -0.353. The molecule has 5 rings (SSSR count). The first kappa shape index (κ1) is 15.8. The van der Waals surface area contributed by atoms with E-state index in [1.807, 2.05) is 0 Å². The minimum absolute atomic E-state index is 0.322. The van der Waals surface area contributed by atoms with E-state index < -0.39 is 0 Å². The summed E-state index contributed by atoms with van der Waals surface area (Å²) in [5.41, 5.74) is 0.774. The van der Waals surface area contributed by atoms with Gasteiger partial charge in [-0.15, -0.1) is 0 Å². The van der Waals surface area contributed by atoms with Crippen LogP contribution in [0, 0.1) is 34.5 Å². The van der Waals surface area contributed by atoms with E-state index in [4.69, 9.17) is 9.47 Å². The molecule has 5 aliphatic rings. The monoisotopic (exact) mass is 332 g/mol. The van der Waals surface area contributed by atoms with Crippen molar-refractivity contribution in [1.29, 1.82) is 0 Å². The van der Waals surface area contributed by atoms with Crippen molar-refractivity contribution >= 4 is 5.78 Å². The number of fused-ring (bicyclic) bond motifs is 5. The average Bonchev–Trinajstić information content (AvgIpc) is 3.16. The van der Waals surface area contributed by atoms with Gasteiger partial charge in [0, 0.05) is 25.2 Å². The van der Waals surface area contributed by atoms with Gasteiger partial charge in [0.1, 0.15) is 5.78 Å². The highest BCUT2D eigenvalue weighted by Crippen LogP contribution is 2.66. The summed E-state index contributed by atoms with van der Waals surface area (Å²) in [6.07, 6.45) is 10.5. The van der Waals surface area contributed by atoms with Gasteiger partial charge in [0.25, 0.3) is 0 Å². The molecular formula is C21H32O3. The van der Waals surface area contributed by atoms with Gasteiger partial charge in [-0.1, -0.05) is 20.3 Å². The van der Waals surface area contributed by atoms with Gasteiger partial charge in [-0.2, -0.15) is 0 Å². The molecule has 0 radical (unpaired) electrons. The fourth-order valence-corrected chi connectivity index (χ4v) is 7.62. The molecule has 1 spiro atoms. The second kappa shape index (κ2) is 5.07. The topological polar surface area (TPSA) is 35.5 Å². The van der Waals surface area contributed by atoms with E-state index in [9.17, 15) is 4.79 Å². The lowest BCUT2D eigenvalue weighted by molar-refractivity contribution is -0.226. The van der Waals surface area contributed by atoms with Crippen molar-refractivity contribution in [3.63, 3.8) is 0 Å². The van der Waals surface area contributed by atoms with E-state index in [0.717, 1.165) is 32.5 Å². The van der Waals surface area contributed by atoms with Crippen LogP contribution in [-0.4, -0.2) is 24.8 Å². The molecule has 4 aliphatic carbocycles. The Hall–Kier alpha value is -0.410. The van der Waals surface area contributed by atoms with Crippen molar-refractivity contribution in [1.82, 2.24) is 0 Å². The number of Topliss-reactive ketones (excluding diaryl/α,β-unsaturated/α-hetero) is 1. The van der Waals surface area contributed by atoms with Gasteiger partial charge in [0.2, 0.25) is 0 Å². The van der Waals surface area contributed by atoms with Gasteiger partial charge in [0.15, 0.2) is 5.79 Å². The number of rotatable bonds is 0. The molecule has 0 aromatic carbocycles. The van der Waals surface area contributed by atoms with Gasteiger partial charge in [0.05, 0.1) is 13.2 Å². The zero-order valence-corrected chi connectivity index (χ0v) is 15.3. The Morgan fingerprint density at radius 1 is 0.958 bits per heavy atom. The molecule has 0 aromatic rings. The number of ether oxygens (including phenoxy) is 2. The third kappa shape index (κ3) is 2.00. The summed E-state index contributed by atoms with van der Waals surface area (Å²) >= 11 is 0. The third-order valence-corrected chi connectivity index (χ3v) is 9.07. The van der Waals surface area contributed by atoms with Crippen LogP contribution in [0.1, 0.15) is 71.6 Å². The number of hydrogen-bond donors (Lipinski definition) is 0.